The molecule has 6 rings (SSSR count). The number of fused-ring (bicyclic) bond motifs is 2. The van der Waals surface area contributed by atoms with Crippen LogP contribution in [0.15, 0.2) is 66.9 Å². The van der Waals surface area contributed by atoms with Crippen LogP contribution in [0.2, 0.25) is 0 Å². The molecule has 3 aromatic heterocycles. The van der Waals surface area contributed by atoms with Gasteiger partial charge in [-0.1, -0.05) is 24.3 Å². The second kappa shape index (κ2) is 8.72. The first-order valence-electron chi connectivity index (χ1n) is 11.4. The second-order valence-corrected chi connectivity index (χ2v) is 8.28. The molecule has 0 spiro atoms. The van der Waals surface area contributed by atoms with Gasteiger partial charge in [-0.15, -0.1) is 0 Å². The number of nitrogens with zero attached hydrogens (tertiary/aromatic N) is 5. The minimum Gasteiger partial charge on any atom is -0.497 e. The van der Waals surface area contributed by atoms with Gasteiger partial charge >= 0.3 is 0 Å². The number of rotatable bonds is 5. The van der Waals surface area contributed by atoms with Crippen LogP contribution in [0.25, 0.3) is 39.3 Å². The number of para-hydroxylation sites is 1. The molecule has 170 valence electrons. The van der Waals surface area contributed by atoms with Gasteiger partial charge in [0.2, 0.25) is 5.95 Å². The standard InChI is InChI=1S/C26H24N6O2/c1-33-19-7-9-21-23(16-19)32(24-10-13-27-26(31-24)28-18-11-14-34-15-12-18)25(30-21)22-8-6-17-4-2-3-5-20(17)29-22/h2-10,13,16,18H,11-12,14-15H2,1H3,(H,27,28,31). The predicted molar refractivity (Wildman–Crippen MR) is 131 cm³/mol. The third-order valence-corrected chi connectivity index (χ3v) is 6.11. The highest BCUT2D eigenvalue weighted by molar-refractivity contribution is 5.86. The van der Waals surface area contributed by atoms with Gasteiger partial charge in [0.25, 0.3) is 0 Å². The van der Waals surface area contributed by atoms with Crippen LogP contribution in [-0.4, -0.2) is 50.9 Å². The van der Waals surface area contributed by atoms with Crippen molar-refractivity contribution < 1.29 is 9.47 Å². The van der Waals surface area contributed by atoms with Crippen LogP contribution >= 0.6 is 0 Å². The Morgan fingerprint density at radius 1 is 0.941 bits per heavy atom. The molecule has 0 atom stereocenters. The topological polar surface area (TPSA) is 87.0 Å². The van der Waals surface area contributed by atoms with Gasteiger partial charge in [0.15, 0.2) is 5.82 Å². The Morgan fingerprint density at radius 2 is 1.82 bits per heavy atom. The van der Waals surface area contributed by atoms with Gasteiger partial charge in [-0.3, -0.25) is 4.57 Å². The van der Waals surface area contributed by atoms with Crippen LogP contribution in [0, 0.1) is 0 Å². The van der Waals surface area contributed by atoms with Crippen molar-refractivity contribution in [3.8, 4) is 23.1 Å². The molecule has 0 unspecified atom stereocenters. The Hall–Kier alpha value is -4.04. The van der Waals surface area contributed by atoms with E-state index in [-0.39, 0.29) is 0 Å². The molecule has 2 aromatic carbocycles. The summed E-state index contributed by atoms with van der Waals surface area (Å²) in [5.74, 6) is 2.77. The van der Waals surface area contributed by atoms with E-state index in [4.69, 9.17) is 24.4 Å². The van der Waals surface area contributed by atoms with Gasteiger partial charge in [-0.25, -0.2) is 15.0 Å². The van der Waals surface area contributed by atoms with E-state index < -0.39 is 0 Å². The Morgan fingerprint density at radius 3 is 2.71 bits per heavy atom. The average molecular weight is 453 g/mol. The van der Waals surface area contributed by atoms with Gasteiger partial charge in [-0.05, 0) is 43.2 Å². The summed E-state index contributed by atoms with van der Waals surface area (Å²) in [5.41, 5.74) is 3.41. The molecule has 5 aromatic rings. The van der Waals surface area contributed by atoms with Crippen LogP contribution in [0.5, 0.6) is 5.75 Å². The number of aromatic nitrogens is 5. The lowest BCUT2D eigenvalue weighted by Gasteiger charge is -2.23. The fourth-order valence-corrected chi connectivity index (χ4v) is 4.34. The van der Waals surface area contributed by atoms with Gasteiger partial charge in [0.05, 0.1) is 23.7 Å². The number of hydrogen-bond donors (Lipinski definition) is 1. The van der Waals surface area contributed by atoms with Crippen LogP contribution in [0.3, 0.4) is 0 Å². The Labute approximate surface area is 196 Å². The van der Waals surface area contributed by atoms with Crippen molar-refractivity contribution in [3.63, 3.8) is 0 Å². The number of anilines is 1. The number of ether oxygens (including phenoxy) is 2. The summed E-state index contributed by atoms with van der Waals surface area (Å²) in [6.45, 7) is 1.50. The van der Waals surface area contributed by atoms with Gasteiger partial charge in [0, 0.05) is 36.9 Å². The smallest absolute Gasteiger partial charge is 0.224 e. The molecule has 8 heteroatoms. The van der Waals surface area contributed by atoms with Crippen molar-refractivity contribution in [2.45, 2.75) is 18.9 Å². The van der Waals surface area contributed by atoms with E-state index in [0.29, 0.717) is 23.6 Å². The van der Waals surface area contributed by atoms with E-state index in [1.54, 1.807) is 13.3 Å². The molecule has 0 radical (unpaired) electrons. The molecule has 0 aliphatic carbocycles. The van der Waals surface area contributed by atoms with Crippen molar-refractivity contribution in [1.82, 2.24) is 24.5 Å². The Bertz CT molecular complexity index is 1480. The van der Waals surface area contributed by atoms with Gasteiger partial charge in [0.1, 0.15) is 17.3 Å². The van der Waals surface area contributed by atoms with Crippen LogP contribution in [0.4, 0.5) is 5.95 Å². The lowest BCUT2D eigenvalue weighted by molar-refractivity contribution is 0.0903. The first kappa shape index (κ1) is 20.6. The third-order valence-electron chi connectivity index (χ3n) is 6.11. The number of pyridine rings is 1. The van der Waals surface area contributed by atoms with Crippen LogP contribution in [0.1, 0.15) is 12.8 Å². The monoisotopic (exact) mass is 452 g/mol. The van der Waals surface area contributed by atoms with Gasteiger partial charge < -0.3 is 14.8 Å². The van der Waals surface area contributed by atoms with Gasteiger partial charge in [-0.2, -0.15) is 4.98 Å². The summed E-state index contributed by atoms with van der Waals surface area (Å²) >= 11 is 0. The maximum atomic E-state index is 5.50. The fourth-order valence-electron chi connectivity index (χ4n) is 4.34. The molecule has 34 heavy (non-hydrogen) atoms. The van der Waals surface area contributed by atoms with E-state index in [0.717, 1.165) is 59.4 Å². The number of hydrogen-bond acceptors (Lipinski definition) is 7. The van der Waals surface area contributed by atoms with Crippen molar-refractivity contribution in [1.29, 1.82) is 0 Å². The van der Waals surface area contributed by atoms with E-state index >= 15 is 0 Å². The Kier molecular flexibility index (Phi) is 5.27. The first-order chi connectivity index (χ1) is 16.8. The highest BCUT2D eigenvalue weighted by Gasteiger charge is 2.19. The zero-order valence-corrected chi connectivity index (χ0v) is 18.8. The summed E-state index contributed by atoms with van der Waals surface area (Å²) < 4.78 is 13.0. The molecule has 1 N–H and O–H groups in total. The Balaban J connectivity index is 1.50. The minimum absolute atomic E-state index is 0.297. The second-order valence-electron chi connectivity index (χ2n) is 8.28. The zero-order chi connectivity index (χ0) is 22.9. The highest BCUT2D eigenvalue weighted by atomic mass is 16.5. The molecule has 1 saturated heterocycles. The summed E-state index contributed by atoms with van der Waals surface area (Å²) in [6, 6.07) is 20.2. The summed E-state index contributed by atoms with van der Waals surface area (Å²) in [6.07, 6.45) is 3.64. The van der Waals surface area contributed by atoms with Crippen LogP contribution < -0.4 is 10.1 Å². The van der Waals surface area contributed by atoms with Crippen molar-refractivity contribution in [2.24, 2.45) is 0 Å². The molecular formula is C26H24N6O2. The minimum atomic E-state index is 0.297. The molecule has 0 amide bonds. The summed E-state index contributed by atoms with van der Waals surface area (Å²) in [7, 11) is 1.66. The third kappa shape index (κ3) is 3.82. The SMILES string of the molecule is COc1ccc2nc(-c3ccc4ccccc4n3)n(-c3ccnc(NC4CCOCC4)n3)c2c1. The lowest BCUT2D eigenvalue weighted by atomic mass is 10.1. The number of imidazole rings is 1. The van der Waals surface area contributed by atoms with E-state index in [2.05, 4.69) is 22.4 Å². The first-order valence-corrected chi connectivity index (χ1v) is 11.4. The molecule has 1 aliphatic heterocycles. The molecule has 8 nitrogen and oxygen atoms in total. The number of benzene rings is 2. The maximum Gasteiger partial charge on any atom is 0.224 e. The zero-order valence-electron chi connectivity index (χ0n) is 18.8. The predicted octanol–water partition coefficient (Wildman–Crippen LogP) is 4.63. The van der Waals surface area contributed by atoms with E-state index in [9.17, 15) is 0 Å². The highest BCUT2D eigenvalue weighted by Crippen LogP contribution is 2.30. The maximum absolute atomic E-state index is 5.50. The fraction of sp³-hybridized carbons (Fsp3) is 0.231. The lowest BCUT2D eigenvalue weighted by Crippen LogP contribution is -2.28. The van der Waals surface area contributed by atoms with Crippen molar-refractivity contribution >= 4 is 27.9 Å². The molecule has 0 saturated carbocycles. The summed E-state index contributed by atoms with van der Waals surface area (Å²) in [5, 5.41) is 4.54. The van der Waals surface area contributed by atoms with Crippen LogP contribution in [-0.2, 0) is 4.74 Å². The molecular weight excluding hydrogens is 428 g/mol. The molecule has 0 bridgehead atoms. The number of nitrogens with one attached hydrogen (secondary N) is 1. The largest absolute Gasteiger partial charge is 0.497 e. The average Bonchev–Trinajstić information content (AvgIpc) is 3.28. The molecule has 4 heterocycles. The molecule has 1 aliphatic rings. The summed E-state index contributed by atoms with van der Waals surface area (Å²) in [4.78, 5) is 19.2. The normalized spacial score (nSPS) is 14.5. The van der Waals surface area contributed by atoms with Crippen molar-refractivity contribution in [2.75, 3.05) is 25.6 Å². The van der Waals surface area contributed by atoms with E-state index in [1.165, 1.54) is 0 Å². The molecule has 1 fully saturated rings. The quantitative estimate of drug-likeness (QED) is 0.416. The number of methoxy groups -OCH3 is 1. The van der Waals surface area contributed by atoms with E-state index in [1.807, 2.05) is 53.1 Å². The van der Waals surface area contributed by atoms with Crippen molar-refractivity contribution in [3.05, 3.63) is 66.9 Å².